The molecule has 1 heterocycles. The Hall–Kier alpha value is -1.81. The van der Waals surface area contributed by atoms with Crippen LogP contribution in [-0.2, 0) is 11.9 Å². The number of alkyl halides is 3. The Morgan fingerprint density at radius 3 is 2.29 bits per heavy atom. The van der Waals surface area contributed by atoms with Gasteiger partial charge < -0.3 is 0 Å². The van der Waals surface area contributed by atoms with Gasteiger partial charge >= 0.3 is 5.51 Å². The minimum Gasteiger partial charge on any atom is -0.118 e. The van der Waals surface area contributed by atoms with E-state index in [0.717, 1.165) is 12.0 Å². The molecule has 0 bridgehead atoms. The number of thiophene rings is 1. The molecule has 0 saturated carbocycles. The van der Waals surface area contributed by atoms with Crippen LogP contribution in [-0.4, -0.2) is 0 Å². The monoisotopic (exact) mass is 307 g/mol. The molecule has 0 N–H and O–H groups in total. The van der Waals surface area contributed by atoms with E-state index in [0.29, 0.717) is 20.5 Å². The molecule has 1 aromatic heterocycles. The lowest BCUT2D eigenvalue weighted by atomic mass is 10.1. The molecule has 3 rings (SSSR count). The fraction of sp³-hybridized carbons (Fsp3) is 0.176. The second-order valence-electron chi connectivity index (χ2n) is 4.85. The first-order chi connectivity index (χ1) is 10.0. The van der Waals surface area contributed by atoms with E-state index in [1.165, 1.54) is 0 Å². The second kappa shape index (κ2) is 5.19. The van der Waals surface area contributed by atoms with Crippen LogP contribution in [0, 0.1) is 0 Å². The third-order valence-corrected chi connectivity index (χ3v) is 5.55. The van der Waals surface area contributed by atoms with E-state index in [2.05, 4.69) is 0 Å². The Kier molecular flexibility index (Phi) is 3.49. The predicted octanol–water partition coefficient (Wildman–Crippen LogP) is 6.29. The average molecular weight is 307 g/mol. The van der Waals surface area contributed by atoms with Crippen molar-refractivity contribution in [2.75, 3.05) is 0 Å². The van der Waals surface area contributed by atoms with Crippen LogP contribution in [0.15, 0.2) is 54.6 Å². The molecular formula is C17H14F3S+. The molecule has 0 aliphatic rings. The average Bonchev–Trinajstić information content (AvgIpc) is 2.86. The number of halogens is 3. The SMILES string of the molecule is CCc1ccc2cc(-c3ccccc3)[s+](C(F)(F)F)c2c1. The first-order valence-corrected chi connectivity index (χ1v) is 7.94. The Morgan fingerprint density at radius 2 is 1.67 bits per heavy atom. The fourth-order valence-electron chi connectivity index (χ4n) is 2.47. The number of rotatable bonds is 2. The highest BCUT2D eigenvalue weighted by molar-refractivity contribution is 7.41. The van der Waals surface area contributed by atoms with Gasteiger partial charge in [0.1, 0.15) is 10.5 Å². The Morgan fingerprint density at radius 1 is 0.952 bits per heavy atom. The lowest BCUT2D eigenvalue weighted by molar-refractivity contribution is -0.0864. The van der Waals surface area contributed by atoms with Gasteiger partial charge in [-0.05, 0) is 30.2 Å². The highest BCUT2D eigenvalue weighted by Gasteiger charge is 2.48. The fourth-order valence-corrected chi connectivity index (χ4v) is 4.45. The van der Waals surface area contributed by atoms with Crippen LogP contribution in [0.25, 0.3) is 20.5 Å². The van der Waals surface area contributed by atoms with Crippen LogP contribution in [0.3, 0.4) is 0 Å². The van der Waals surface area contributed by atoms with Crippen LogP contribution < -0.4 is 0 Å². The molecule has 2 aromatic carbocycles. The van der Waals surface area contributed by atoms with E-state index in [1.807, 2.05) is 19.1 Å². The molecule has 108 valence electrons. The molecule has 0 aliphatic heterocycles. The maximum Gasteiger partial charge on any atom is 0.601 e. The minimum absolute atomic E-state index is 0.367. The van der Waals surface area contributed by atoms with Gasteiger partial charge in [0.15, 0.2) is 9.58 Å². The van der Waals surface area contributed by atoms with Crippen LogP contribution in [0.4, 0.5) is 13.2 Å². The summed E-state index contributed by atoms with van der Waals surface area (Å²) in [6.07, 6.45) is 0.739. The predicted molar refractivity (Wildman–Crippen MR) is 82.5 cm³/mol. The third kappa shape index (κ3) is 2.56. The standard InChI is InChI=1S/C17H14F3S/c1-2-12-8-9-14-11-16(13-6-4-3-5-7-13)21(15(14)10-12)17(18,19)20/h3-11H,2H2,1H3/q+1. The van der Waals surface area contributed by atoms with E-state index in [4.69, 9.17) is 0 Å². The number of benzene rings is 2. The number of aryl methyl sites for hydroxylation is 1. The normalized spacial score (nSPS) is 12.9. The molecule has 1 atom stereocenters. The van der Waals surface area contributed by atoms with Crippen LogP contribution >= 0.6 is 10.5 Å². The number of fused-ring (bicyclic) bond motifs is 1. The van der Waals surface area contributed by atoms with E-state index in [-0.39, 0.29) is 0 Å². The van der Waals surface area contributed by atoms with Gasteiger partial charge in [0.25, 0.3) is 0 Å². The summed E-state index contributed by atoms with van der Waals surface area (Å²) in [6.45, 7) is 1.95. The quantitative estimate of drug-likeness (QED) is 0.488. The maximum atomic E-state index is 13.6. The molecule has 0 radical (unpaired) electrons. The van der Waals surface area contributed by atoms with Crippen molar-refractivity contribution in [2.45, 2.75) is 18.9 Å². The molecule has 0 saturated heterocycles. The van der Waals surface area contributed by atoms with Gasteiger partial charge in [-0.3, -0.25) is 0 Å². The lowest BCUT2D eigenvalue weighted by Crippen LogP contribution is -1.96. The zero-order valence-corrected chi connectivity index (χ0v) is 12.3. The molecule has 3 aromatic rings. The van der Waals surface area contributed by atoms with Crippen molar-refractivity contribution in [1.29, 1.82) is 0 Å². The smallest absolute Gasteiger partial charge is 0.118 e. The highest BCUT2D eigenvalue weighted by Crippen LogP contribution is 2.54. The summed E-state index contributed by atoms with van der Waals surface area (Å²) in [5, 5.41) is 0.687. The van der Waals surface area contributed by atoms with Gasteiger partial charge in [-0.2, -0.15) is 0 Å². The van der Waals surface area contributed by atoms with Gasteiger partial charge in [-0.15, -0.1) is 13.2 Å². The van der Waals surface area contributed by atoms with Gasteiger partial charge in [0, 0.05) is 23.1 Å². The summed E-state index contributed by atoms with van der Waals surface area (Å²) in [7, 11) is -1.86. The third-order valence-electron chi connectivity index (χ3n) is 3.50. The molecule has 1 unspecified atom stereocenters. The second-order valence-corrected chi connectivity index (χ2v) is 6.81. The van der Waals surface area contributed by atoms with Crippen LogP contribution in [0.5, 0.6) is 0 Å². The maximum absolute atomic E-state index is 13.6. The topological polar surface area (TPSA) is 0 Å². The first kappa shape index (κ1) is 14.1. The summed E-state index contributed by atoms with van der Waals surface area (Å²) in [5.74, 6) is 0. The number of hydrogen-bond acceptors (Lipinski definition) is 0. The lowest BCUT2D eigenvalue weighted by Gasteiger charge is -2.01. The largest absolute Gasteiger partial charge is 0.601 e. The van der Waals surface area contributed by atoms with Crippen LogP contribution in [0.2, 0.25) is 0 Å². The van der Waals surface area contributed by atoms with Crippen molar-refractivity contribution in [2.24, 2.45) is 0 Å². The summed E-state index contributed by atoms with van der Waals surface area (Å²) < 4.78 is 41.2. The van der Waals surface area contributed by atoms with Crippen molar-refractivity contribution in [3.05, 3.63) is 60.2 Å². The molecule has 0 aliphatic carbocycles. The zero-order valence-electron chi connectivity index (χ0n) is 11.4. The van der Waals surface area contributed by atoms with Gasteiger partial charge in [-0.1, -0.05) is 31.2 Å². The van der Waals surface area contributed by atoms with Crippen molar-refractivity contribution in [3.8, 4) is 10.4 Å². The summed E-state index contributed by atoms with van der Waals surface area (Å²) in [6, 6.07) is 15.9. The van der Waals surface area contributed by atoms with E-state index in [1.54, 1.807) is 42.5 Å². The summed E-state index contributed by atoms with van der Waals surface area (Å²) >= 11 is 0. The Bertz CT molecular complexity index is 770. The van der Waals surface area contributed by atoms with Crippen molar-refractivity contribution in [3.63, 3.8) is 0 Å². The Balaban J connectivity index is 2.34. The van der Waals surface area contributed by atoms with Gasteiger partial charge in [0.2, 0.25) is 0 Å². The first-order valence-electron chi connectivity index (χ1n) is 6.72. The number of hydrogen-bond donors (Lipinski definition) is 0. The van der Waals surface area contributed by atoms with Crippen molar-refractivity contribution in [1.82, 2.24) is 0 Å². The summed E-state index contributed by atoms with van der Waals surface area (Å²) in [5.41, 5.74) is -2.66. The van der Waals surface area contributed by atoms with Crippen molar-refractivity contribution < 1.29 is 13.2 Å². The molecule has 21 heavy (non-hydrogen) atoms. The van der Waals surface area contributed by atoms with E-state index < -0.39 is 16.0 Å². The molecule has 0 amide bonds. The molecule has 4 heteroatoms. The Labute approximate surface area is 123 Å². The molecule has 0 fully saturated rings. The van der Waals surface area contributed by atoms with Gasteiger partial charge in [0.05, 0.1) is 0 Å². The molecular weight excluding hydrogens is 293 g/mol. The zero-order chi connectivity index (χ0) is 15.0. The molecule has 0 nitrogen and oxygen atoms in total. The van der Waals surface area contributed by atoms with Crippen LogP contribution in [0.1, 0.15) is 12.5 Å². The van der Waals surface area contributed by atoms with E-state index >= 15 is 0 Å². The summed E-state index contributed by atoms with van der Waals surface area (Å²) in [4.78, 5) is 0.367. The highest BCUT2D eigenvalue weighted by atomic mass is 32.2. The minimum atomic E-state index is -4.25. The molecule has 0 spiro atoms. The van der Waals surface area contributed by atoms with Gasteiger partial charge in [-0.25, -0.2) is 0 Å². The van der Waals surface area contributed by atoms with E-state index in [9.17, 15) is 13.2 Å². The van der Waals surface area contributed by atoms with Crippen molar-refractivity contribution >= 4 is 20.6 Å².